The molecule has 0 atom stereocenters. The van der Waals surface area contributed by atoms with Gasteiger partial charge in [-0.2, -0.15) is 0 Å². The van der Waals surface area contributed by atoms with Crippen LogP contribution >= 0.6 is 35.4 Å². The third-order valence-corrected chi connectivity index (χ3v) is 5.10. The van der Waals surface area contributed by atoms with Gasteiger partial charge in [0, 0.05) is 22.8 Å². The number of fused-ring (bicyclic) bond motifs is 1. The number of amides is 1. The Bertz CT molecular complexity index is 1230. The minimum absolute atomic E-state index is 0.120. The van der Waals surface area contributed by atoms with Crippen LogP contribution in [0.3, 0.4) is 0 Å². The molecule has 5 nitrogen and oxygen atoms in total. The number of nitrogens with zero attached hydrogens (tertiary/aromatic N) is 1. The summed E-state index contributed by atoms with van der Waals surface area (Å²) in [6.07, 6.45) is 1.72. The summed E-state index contributed by atoms with van der Waals surface area (Å²) in [7, 11) is 0. The highest BCUT2D eigenvalue weighted by Crippen LogP contribution is 2.29. The van der Waals surface area contributed by atoms with Crippen molar-refractivity contribution in [2.45, 2.75) is 0 Å². The molecule has 8 heteroatoms. The van der Waals surface area contributed by atoms with Crippen LogP contribution < -0.4 is 10.6 Å². The lowest BCUT2D eigenvalue weighted by Gasteiger charge is -2.10. The minimum atomic E-state index is -0.466. The van der Waals surface area contributed by atoms with Crippen LogP contribution in [-0.2, 0) is 0 Å². The quantitative estimate of drug-likeness (QED) is 0.385. The van der Waals surface area contributed by atoms with Gasteiger partial charge in [0.15, 0.2) is 10.9 Å². The van der Waals surface area contributed by atoms with E-state index >= 15 is 0 Å². The predicted octanol–water partition coefficient (Wildman–Crippen LogP) is 5.93. The number of pyridine rings is 1. The van der Waals surface area contributed by atoms with Crippen molar-refractivity contribution in [3.05, 3.63) is 82.7 Å². The molecule has 0 saturated heterocycles. The molecule has 2 aromatic heterocycles. The average Bonchev–Trinajstić information content (AvgIpc) is 3.21. The van der Waals surface area contributed by atoms with E-state index in [0.29, 0.717) is 21.4 Å². The first-order chi connectivity index (χ1) is 14.0. The number of halogens is 2. The van der Waals surface area contributed by atoms with Gasteiger partial charge >= 0.3 is 0 Å². The van der Waals surface area contributed by atoms with E-state index in [0.717, 1.165) is 16.6 Å². The van der Waals surface area contributed by atoms with Crippen molar-refractivity contribution in [3.8, 4) is 11.3 Å². The first kappa shape index (κ1) is 19.4. The van der Waals surface area contributed by atoms with Crippen molar-refractivity contribution in [2.75, 3.05) is 5.32 Å². The van der Waals surface area contributed by atoms with Gasteiger partial charge in [0.05, 0.1) is 15.6 Å². The summed E-state index contributed by atoms with van der Waals surface area (Å²) in [4.78, 5) is 16.8. The fraction of sp³-hybridized carbons (Fsp3) is 0. The summed E-state index contributed by atoms with van der Waals surface area (Å²) in [6.45, 7) is 0. The Morgan fingerprint density at radius 1 is 1.00 bits per heavy atom. The van der Waals surface area contributed by atoms with E-state index in [1.54, 1.807) is 36.5 Å². The summed E-state index contributed by atoms with van der Waals surface area (Å²) in [5, 5.41) is 7.53. The molecule has 2 aromatic carbocycles. The Hall–Kier alpha value is -2.93. The summed E-state index contributed by atoms with van der Waals surface area (Å²) in [6, 6.07) is 17.7. The summed E-state index contributed by atoms with van der Waals surface area (Å²) in [5.74, 6) is 0.148. The Labute approximate surface area is 181 Å². The fourth-order valence-electron chi connectivity index (χ4n) is 2.80. The van der Waals surface area contributed by atoms with Gasteiger partial charge in [-0.05, 0) is 66.8 Å². The average molecular weight is 442 g/mol. The number of rotatable bonds is 3. The maximum Gasteiger partial charge on any atom is 0.293 e. The second-order valence-corrected chi connectivity index (χ2v) is 7.30. The number of aromatic nitrogens is 1. The molecule has 0 bridgehead atoms. The van der Waals surface area contributed by atoms with Crippen molar-refractivity contribution in [1.82, 2.24) is 10.3 Å². The second kappa shape index (κ2) is 8.21. The molecule has 144 valence electrons. The third-order valence-electron chi connectivity index (χ3n) is 4.15. The van der Waals surface area contributed by atoms with E-state index in [2.05, 4.69) is 15.6 Å². The topological polar surface area (TPSA) is 67.2 Å². The first-order valence-electron chi connectivity index (χ1n) is 8.52. The van der Waals surface area contributed by atoms with Gasteiger partial charge in [0.25, 0.3) is 5.91 Å². The number of benzene rings is 2. The number of hydrogen-bond acceptors (Lipinski definition) is 4. The molecule has 0 aliphatic rings. The molecule has 0 aliphatic carbocycles. The van der Waals surface area contributed by atoms with E-state index < -0.39 is 5.91 Å². The van der Waals surface area contributed by atoms with Gasteiger partial charge in [0.1, 0.15) is 5.76 Å². The van der Waals surface area contributed by atoms with Crippen molar-refractivity contribution in [1.29, 1.82) is 0 Å². The second-order valence-electron chi connectivity index (χ2n) is 6.08. The molecule has 1 amide bonds. The van der Waals surface area contributed by atoms with Crippen LogP contribution in [0.5, 0.6) is 0 Å². The molecule has 0 radical (unpaired) electrons. The maximum atomic E-state index is 12.5. The summed E-state index contributed by atoms with van der Waals surface area (Å²) < 4.78 is 5.64. The number of furan rings is 1. The van der Waals surface area contributed by atoms with E-state index in [-0.39, 0.29) is 10.9 Å². The summed E-state index contributed by atoms with van der Waals surface area (Å²) in [5.41, 5.74) is 2.28. The van der Waals surface area contributed by atoms with E-state index in [1.807, 2.05) is 30.3 Å². The predicted molar refractivity (Wildman–Crippen MR) is 120 cm³/mol. The van der Waals surface area contributed by atoms with E-state index in [1.165, 1.54) is 0 Å². The molecule has 0 fully saturated rings. The Morgan fingerprint density at radius 2 is 1.86 bits per heavy atom. The first-order valence-corrected chi connectivity index (χ1v) is 9.69. The van der Waals surface area contributed by atoms with Crippen LogP contribution in [0.4, 0.5) is 5.69 Å². The number of hydrogen-bond donors (Lipinski definition) is 2. The van der Waals surface area contributed by atoms with Gasteiger partial charge in [-0.15, -0.1) is 0 Å². The Kier molecular flexibility index (Phi) is 5.49. The van der Waals surface area contributed by atoms with Crippen molar-refractivity contribution >= 4 is 63.0 Å². The summed E-state index contributed by atoms with van der Waals surface area (Å²) >= 11 is 17.2. The zero-order valence-corrected chi connectivity index (χ0v) is 17.1. The fourth-order valence-corrected chi connectivity index (χ4v) is 3.30. The van der Waals surface area contributed by atoms with E-state index in [9.17, 15) is 4.79 Å². The SMILES string of the molecule is O=C(NC(=S)Nc1cccc2ncccc12)c1ccc(-c2ccc(Cl)c(Cl)c2)o1. The van der Waals surface area contributed by atoms with Gasteiger partial charge in [0.2, 0.25) is 0 Å². The van der Waals surface area contributed by atoms with Gasteiger partial charge in [-0.1, -0.05) is 29.3 Å². The van der Waals surface area contributed by atoms with Crippen LogP contribution in [0, 0.1) is 0 Å². The van der Waals surface area contributed by atoms with Crippen LogP contribution in [-0.4, -0.2) is 16.0 Å². The zero-order chi connectivity index (χ0) is 20.4. The van der Waals surface area contributed by atoms with Gasteiger partial charge in [-0.3, -0.25) is 15.1 Å². The number of nitrogens with one attached hydrogen (secondary N) is 2. The normalized spacial score (nSPS) is 10.7. The van der Waals surface area contributed by atoms with Crippen LogP contribution in [0.25, 0.3) is 22.2 Å². The highest BCUT2D eigenvalue weighted by molar-refractivity contribution is 7.80. The number of thiocarbonyl (C=S) groups is 1. The molecule has 0 saturated carbocycles. The van der Waals surface area contributed by atoms with Crippen molar-refractivity contribution in [2.24, 2.45) is 0 Å². The lowest BCUT2D eigenvalue weighted by molar-refractivity contribution is 0.0951. The molecule has 0 spiro atoms. The smallest absolute Gasteiger partial charge is 0.293 e. The maximum absolute atomic E-state index is 12.5. The molecular formula is C21H13Cl2N3O2S. The molecule has 29 heavy (non-hydrogen) atoms. The van der Waals surface area contributed by atoms with Crippen LogP contribution in [0.15, 0.2) is 71.3 Å². The molecular weight excluding hydrogens is 429 g/mol. The Balaban J connectivity index is 1.47. The minimum Gasteiger partial charge on any atom is -0.451 e. The molecule has 4 aromatic rings. The lowest BCUT2D eigenvalue weighted by Crippen LogP contribution is -2.33. The van der Waals surface area contributed by atoms with E-state index in [4.69, 9.17) is 39.8 Å². The van der Waals surface area contributed by atoms with Crippen LogP contribution in [0.1, 0.15) is 10.6 Å². The molecule has 2 N–H and O–H groups in total. The van der Waals surface area contributed by atoms with Gasteiger partial charge in [-0.25, -0.2) is 0 Å². The van der Waals surface area contributed by atoms with Gasteiger partial charge < -0.3 is 9.73 Å². The highest BCUT2D eigenvalue weighted by Gasteiger charge is 2.15. The standard InChI is InChI=1S/C21H13Cl2N3O2S/c22-14-7-6-12(11-15(14)23)18-8-9-19(28-18)20(27)26-21(29)25-17-5-1-4-16-13(17)3-2-10-24-16/h1-11H,(H2,25,26,27,29). The number of anilines is 1. The third kappa shape index (κ3) is 4.24. The van der Waals surface area contributed by atoms with Crippen molar-refractivity contribution < 1.29 is 9.21 Å². The lowest BCUT2D eigenvalue weighted by atomic mass is 10.2. The number of carbonyl (C=O) groups is 1. The number of carbonyl (C=O) groups excluding carboxylic acids is 1. The zero-order valence-electron chi connectivity index (χ0n) is 14.8. The molecule has 0 aliphatic heterocycles. The largest absolute Gasteiger partial charge is 0.451 e. The molecule has 2 heterocycles. The molecule has 4 rings (SSSR count). The monoisotopic (exact) mass is 441 g/mol. The van der Waals surface area contributed by atoms with Crippen LogP contribution in [0.2, 0.25) is 10.0 Å². The molecule has 0 unspecified atom stereocenters. The van der Waals surface area contributed by atoms with Crippen molar-refractivity contribution in [3.63, 3.8) is 0 Å². The Morgan fingerprint density at radius 3 is 2.69 bits per heavy atom. The highest BCUT2D eigenvalue weighted by atomic mass is 35.5.